The van der Waals surface area contributed by atoms with E-state index in [4.69, 9.17) is 4.74 Å². The number of carbonyl (C=O) groups is 1. The van der Waals surface area contributed by atoms with Crippen molar-refractivity contribution >= 4 is 5.91 Å². The Bertz CT molecular complexity index is 1150. The number of phenols is 1. The maximum Gasteiger partial charge on any atom is 0.273 e. The molecule has 6 heteroatoms. The predicted molar refractivity (Wildman–Crippen MR) is 125 cm³/mol. The minimum Gasteiger partial charge on any atom is -0.507 e. The van der Waals surface area contributed by atoms with Gasteiger partial charge in [-0.05, 0) is 55.2 Å². The number of aromatic amines is 1. The van der Waals surface area contributed by atoms with Crippen molar-refractivity contribution in [2.24, 2.45) is 0 Å². The Hall–Kier alpha value is -3.54. The van der Waals surface area contributed by atoms with Crippen molar-refractivity contribution < 1.29 is 14.6 Å². The van der Waals surface area contributed by atoms with Crippen LogP contribution in [0.3, 0.4) is 0 Å². The second-order valence-corrected chi connectivity index (χ2v) is 8.26. The van der Waals surface area contributed by atoms with Crippen LogP contribution in [0.2, 0.25) is 0 Å². The predicted octanol–water partition coefficient (Wildman–Crippen LogP) is 5.31. The summed E-state index contributed by atoms with van der Waals surface area (Å²) in [6.45, 7) is 10.9. The third-order valence-electron chi connectivity index (χ3n) is 5.85. The van der Waals surface area contributed by atoms with E-state index in [9.17, 15) is 9.90 Å². The van der Waals surface area contributed by atoms with Crippen LogP contribution < -0.4 is 4.74 Å². The highest BCUT2D eigenvalue weighted by Gasteiger charge is 2.42. The number of H-pyrrole nitrogens is 1. The molecule has 4 rings (SSSR count). The van der Waals surface area contributed by atoms with E-state index in [-0.39, 0.29) is 17.7 Å². The van der Waals surface area contributed by atoms with Gasteiger partial charge in [-0.3, -0.25) is 9.89 Å². The molecule has 1 atom stereocenters. The molecular weight excluding hydrogens is 402 g/mol. The van der Waals surface area contributed by atoms with Crippen molar-refractivity contribution in [3.05, 3.63) is 77.0 Å². The number of aromatic nitrogens is 2. The van der Waals surface area contributed by atoms with Crippen molar-refractivity contribution in [3.63, 3.8) is 0 Å². The van der Waals surface area contributed by atoms with Gasteiger partial charge in [0.25, 0.3) is 5.91 Å². The highest BCUT2D eigenvalue weighted by molar-refractivity contribution is 6.00. The van der Waals surface area contributed by atoms with Crippen molar-refractivity contribution in [1.82, 2.24) is 15.1 Å². The number of phenolic OH excluding ortho intramolecular Hbond substituents is 1. The monoisotopic (exact) mass is 431 g/mol. The first-order chi connectivity index (χ1) is 15.5. The summed E-state index contributed by atoms with van der Waals surface area (Å²) in [7, 11) is 0. The summed E-state index contributed by atoms with van der Waals surface area (Å²) in [5.74, 6) is 0.857. The molecule has 166 valence electrons. The molecule has 1 aliphatic rings. The molecule has 2 N–H and O–H groups in total. The summed E-state index contributed by atoms with van der Waals surface area (Å²) in [5.41, 5.74) is 5.19. The fourth-order valence-electron chi connectivity index (χ4n) is 4.30. The number of unbranched alkanes of at least 4 members (excludes halogenated alkanes) is 1. The van der Waals surface area contributed by atoms with Crippen LogP contribution in [0.4, 0.5) is 0 Å². The lowest BCUT2D eigenvalue weighted by Crippen LogP contribution is -2.29. The highest BCUT2D eigenvalue weighted by atomic mass is 16.5. The molecule has 0 spiro atoms. The summed E-state index contributed by atoms with van der Waals surface area (Å²) in [6.07, 6.45) is 3.81. The fraction of sp³-hybridized carbons (Fsp3) is 0.308. The molecule has 1 aliphatic heterocycles. The topological polar surface area (TPSA) is 78.5 Å². The number of aromatic hydroxyl groups is 1. The van der Waals surface area contributed by atoms with Crippen LogP contribution in [0.5, 0.6) is 11.5 Å². The van der Waals surface area contributed by atoms with E-state index in [1.165, 1.54) is 0 Å². The lowest BCUT2D eigenvalue weighted by atomic mass is 9.94. The minimum absolute atomic E-state index is 0.129. The molecule has 0 saturated carbocycles. The van der Waals surface area contributed by atoms with Crippen molar-refractivity contribution in [1.29, 1.82) is 0 Å². The number of fused-ring (bicyclic) bond motifs is 1. The third-order valence-corrected chi connectivity index (χ3v) is 5.85. The van der Waals surface area contributed by atoms with Gasteiger partial charge in [-0.25, -0.2) is 0 Å². The van der Waals surface area contributed by atoms with Crippen LogP contribution in [0.25, 0.3) is 11.3 Å². The number of nitrogens with zero attached hydrogens (tertiary/aromatic N) is 2. The number of benzene rings is 2. The first-order valence-corrected chi connectivity index (χ1v) is 11.0. The summed E-state index contributed by atoms with van der Waals surface area (Å²) in [6, 6.07) is 11.3. The molecule has 1 unspecified atom stereocenters. The molecule has 0 bridgehead atoms. The molecular formula is C26H29N3O3. The lowest BCUT2D eigenvalue weighted by Gasteiger charge is -2.25. The molecule has 32 heavy (non-hydrogen) atoms. The molecule has 0 radical (unpaired) electrons. The number of hydrogen-bond donors (Lipinski definition) is 2. The summed E-state index contributed by atoms with van der Waals surface area (Å²) >= 11 is 0. The Labute approximate surface area is 188 Å². The Balaban J connectivity index is 1.79. The summed E-state index contributed by atoms with van der Waals surface area (Å²) < 4.78 is 5.80. The molecule has 6 nitrogen and oxygen atoms in total. The Kier molecular flexibility index (Phi) is 6.04. The average Bonchev–Trinajstić information content (AvgIpc) is 3.31. The van der Waals surface area contributed by atoms with Gasteiger partial charge in [0.15, 0.2) is 0 Å². The molecule has 0 fully saturated rings. The van der Waals surface area contributed by atoms with Gasteiger partial charge in [0.05, 0.1) is 12.6 Å². The number of amides is 1. The van der Waals surface area contributed by atoms with E-state index >= 15 is 0 Å². The SMILES string of the molecule is C=CCN1C(=O)c2[nH]nc(-c3cc(C)cc(C)c3O)c2C1c1ccc(OCCCC)cc1. The zero-order valence-corrected chi connectivity index (χ0v) is 18.8. The number of aryl methyl sites for hydroxylation is 2. The number of nitrogens with one attached hydrogen (secondary N) is 1. The zero-order valence-electron chi connectivity index (χ0n) is 18.8. The standard InChI is InChI=1S/C26H29N3O3/c1-5-7-13-32-19-10-8-18(9-11-19)24-21-22(20-15-16(3)14-17(4)25(20)30)27-28-23(21)26(31)29(24)12-6-2/h6,8-11,14-15,24,30H,2,5,7,12-13H2,1,3-4H3,(H,27,28). The van der Waals surface area contributed by atoms with Gasteiger partial charge >= 0.3 is 0 Å². The molecule has 2 heterocycles. The second kappa shape index (κ2) is 8.91. The Morgan fingerprint density at radius 3 is 2.69 bits per heavy atom. The maximum absolute atomic E-state index is 13.2. The number of carbonyl (C=O) groups excluding carboxylic acids is 1. The smallest absolute Gasteiger partial charge is 0.273 e. The number of rotatable bonds is 8. The molecule has 1 amide bonds. The largest absolute Gasteiger partial charge is 0.507 e. The summed E-state index contributed by atoms with van der Waals surface area (Å²) in [5, 5.41) is 18.2. The van der Waals surface area contributed by atoms with Gasteiger partial charge in [-0.2, -0.15) is 5.10 Å². The van der Waals surface area contributed by atoms with Crippen LogP contribution in [0.15, 0.2) is 49.1 Å². The summed E-state index contributed by atoms with van der Waals surface area (Å²) in [4.78, 5) is 15.0. The van der Waals surface area contributed by atoms with E-state index in [0.717, 1.165) is 40.8 Å². The molecule has 3 aromatic rings. The quantitative estimate of drug-likeness (QED) is 0.374. The fourth-order valence-corrected chi connectivity index (χ4v) is 4.30. The second-order valence-electron chi connectivity index (χ2n) is 8.26. The Morgan fingerprint density at radius 1 is 1.25 bits per heavy atom. The van der Waals surface area contributed by atoms with Gasteiger partial charge < -0.3 is 14.7 Å². The first-order valence-electron chi connectivity index (χ1n) is 11.0. The van der Waals surface area contributed by atoms with Gasteiger partial charge in [-0.15, -0.1) is 6.58 Å². The van der Waals surface area contributed by atoms with E-state index in [0.29, 0.717) is 30.1 Å². The van der Waals surface area contributed by atoms with Crippen LogP contribution in [0.1, 0.15) is 58.5 Å². The van der Waals surface area contributed by atoms with Crippen molar-refractivity contribution in [3.8, 4) is 22.8 Å². The molecule has 0 saturated heterocycles. The highest BCUT2D eigenvalue weighted by Crippen LogP contribution is 2.45. The number of ether oxygens (including phenoxy) is 1. The van der Waals surface area contributed by atoms with Crippen LogP contribution in [0, 0.1) is 13.8 Å². The van der Waals surface area contributed by atoms with Crippen molar-refractivity contribution in [2.75, 3.05) is 13.2 Å². The lowest BCUT2D eigenvalue weighted by molar-refractivity contribution is 0.0764. The number of hydrogen-bond acceptors (Lipinski definition) is 4. The minimum atomic E-state index is -0.339. The van der Waals surface area contributed by atoms with Gasteiger partial charge in [0, 0.05) is 17.7 Å². The normalized spacial score (nSPS) is 15.2. The van der Waals surface area contributed by atoms with Gasteiger partial charge in [-0.1, -0.05) is 37.6 Å². The van der Waals surface area contributed by atoms with Crippen molar-refractivity contribution in [2.45, 2.75) is 39.7 Å². The van der Waals surface area contributed by atoms with E-state index in [1.807, 2.05) is 50.2 Å². The van der Waals surface area contributed by atoms with E-state index < -0.39 is 0 Å². The first kappa shape index (κ1) is 21.7. The maximum atomic E-state index is 13.2. The molecule has 2 aromatic carbocycles. The van der Waals surface area contributed by atoms with E-state index in [1.54, 1.807) is 11.0 Å². The van der Waals surface area contributed by atoms with Crippen LogP contribution >= 0.6 is 0 Å². The van der Waals surface area contributed by atoms with Gasteiger partial charge in [0.1, 0.15) is 22.9 Å². The van der Waals surface area contributed by atoms with Crippen LogP contribution in [-0.4, -0.2) is 39.3 Å². The van der Waals surface area contributed by atoms with Gasteiger partial charge in [0.2, 0.25) is 0 Å². The average molecular weight is 432 g/mol. The molecule has 0 aliphatic carbocycles. The Morgan fingerprint density at radius 2 is 2.00 bits per heavy atom. The van der Waals surface area contributed by atoms with E-state index in [2.05, 4.69) is 23.7 Å². The zero-order chi connectivity index (χ0) is 22.8. The third kappa shape index (κ3) is 3.77. The van der Waals surface area contributed by atoms with Crippen LogP contribution in [-0.2, 0) is 0 Å². The molecule has 1 aromatic heterocycles.